The molecular weight excluding hydrogens is 359 g/mol. The normalized spacial score (nSPS) is 18.0. The first kappa shape index (κ1) is 18.7. The van der Waals surface area contributed by atoms with Gasteiger partial charge in [0.05, 0.1) is 17.9 Å². The zero-order valence-electron chi connectivity index (χ0n) is 14.4. The van der Waals surface area contributed by atoms with E-state index in [2.05, 4.69) is 15.5 Å². The Bertz CT molecular complexity index is 799. The largest absolute Gasteiger partial charge is 0.376 e. The van der Waals surface area contributed by atoms with E-state index in [1.165, 1.54) is 28.5 Å². The fourth-order valence-electron chi connectivity index (χ4n) is 2.69. The molecule has 9 heteroatoms. The quantitative estimate of drug-likeness (QED) is 0.714. The Kier molecular flexibility index (Phi) is 6.10. The van der Waals surface area contributed by atoms with Crippen molar-refractivity contribution in [3.8, 4) is 0 Å². The summed E-state index contributed by atoms with van der Waals surface area (Å²) in [4.78, 5) is 24.3. The molecule has 1 fully saturated rings. The molecule has 0 spiro atoms. The van der Waals surface area contributed by atoms with E-state index in [0.29, 0.717) is 24.9 Å². The Morgan fingerprint density at radius 3 is 2.96 bits per heavy atom. The number of hydrogen-bond acceptors (Lipinski definition) is 5. The monoisotopic (exact) mass is 380 g/mol. The predicted octanol–water partition coefficient (Wildman–Crippen LogP) is 1.69. The number of thioether (sulfide) groups is 1. The van der Waals surface area contributed by atoms with Crippen LogP contribution in [0.3, 0.4) is 0 Å². The van der Waals surface area contributed by atoms with Gasteiger partial charge in [0.15, 0.2) is 5.16 Å². The van der Waals surface area contributed by atoms with E-state index < -0.39 is 5.25 Å². The van der Waals surface area contributed by atoms with Gasteiger partial charge in [-0.2, -0.15) is 0 Å². The summed E-state index contributed by atoms with van der Waals surface area (Å²) in [5.74, 6) is -0.495. The fourth-order valence-corrected chi connectivity index (χ4v) is 3.58. The van der Waals surface area contributed by atoms with Gasteiger partial charge in [0, 0.05) is 13.2 Å². The lowest BCUT2D eigenvalue weighted by atomic mass is 10.2. The van der Waals surface area contributed by atoms with Crippen molar-refractivity contribution in [3.05, 3.63) is 46.1 Å². The number of H-pyrrole nitrogens is 1. The average Bonchev–Trinajstić information content (AvgIpc) is 3.26. The van der Waals surface area contributed by atoms with E-state index in [1.807, 2.05) is 0 Å². The minimum Gasteiger partial charge on any atom is -0.376 e. The number of hydrogen-bond donors (Lipinski definition) is 2. The number of aromatic amines is 1. The van der Waals surface area contributed by atoms with Gasteiger partial charge < -0.3 is 10.1 Å². The van der Waals surface area contributed by atoms with Gasteiger partial charge in [-0.3, -0.25) is 9.36 Å². The Labute approximate surface area is 154 Å². The summed E-state index contributed by atoms with van der Waals surface area (Å²) < 4.78 is 20.0. The third-order valence-corrected chi connectivity index (χ3v) is 5.25. The third-order valence-electron chi connectivity index (χ3n) is 4.16. The molecule has 2 N–H and O–H groups in total. The van der Waals surface area contributed by atoms with Gasteiger partial charge in [0.2, 0.25) is 5.91 Å². The first-order chi connectivity index (χ1) is 12.5. The standard InChI is InChI=1S/C17H21FN4O3S/c1-11(15(23)19-9-12-4-6-13(18)7-5-12)26-17-21-20-16(24)22(17)10-14-3-2-8-25-14/h4-7,11,14H,2-3,8-10H2,1H3,(H,19,23)(H,20,24)/t11-,14+/m0/s1. The van der Waals surface area contributed by atoms with E-state index in [9.17, 15) is 14.0 Å². The molecule has 26 heavy (non-hydrogen) atoms. The van der Waals surface area contributed by atoms with Gasteiger partial charge in [-0.15, -0.1) is 5.10 Å². The SMILES string of the molecule is C[C@H](Sc1n[nH]c(=O)n1C[C@H]1CCCO1)C(=O)NCc1ccc(F)cc1. The van der Waals surface area contributed by atoms with E-state index in [-0.39, 0.29) is 23.5 Å². The summed E-state index contributed by atoms with van der Waals surface area (Å²) in [6, 6.07) is 5.96. The molecule has 0 aliphatic carbocycles. The number of carbonyl (C=O) groups is 1. The number of benzene rings is 1. The van der Waals surface area contributed by atoms with Gasteiger partial charge in [-0.25, -0.2) is 14.3 Å². The summed E-state index contributed by atoms with van der Waals surface area (Å²) in [5, 5.41) is 9.29. The maximum absolute atomic E-state index is 12.9. The second-order valence-corrected chi connectivity index (χ2v) is 7.47. The highest BCUT2D eigenvalue weighted by Crippen LogP contribution is 2.22. The van der Waals surface area contributed by atoms with E-state index in [0.717, 1.165) is 18.4 Å². The first-order valence-corrected chi connectivity index (χ1v) is 9.36. The average molecular weight is 380 g/mol. The molecule has 1 saturated heterocycles. The Hall–Kier alpha value is -2.13. The van der Waals surface area contributed by atoms with Crippen LogP contribution in [0.4, 0.5) is 4.39 Å². The van der Waals surface area contributed by atoms with Gasteiger partial charge in [-0.1, -0.05) is 23.9 Å². The van der Waals surface area contributed by atoms with Crippen molar-refractivity contribution in [1.29, 1.82) is 0 Å². The minimum absolute atomic E-state index is 0.00672. The number of carbonyl (C=O) groups excluding carboxylic acids is 1. The highest BCUT2D eigenvalue weighted by atomic mass is 32.2. The molecule has 2 atom stereocenters. The second kappa shape index (κ2) is 8.50. The highest BCUT2D eigenvalue weighted by Gasteiger charge is 2.22. The summed E-state index contributed by atoms with van der Waals surface area (Å²) in [5.41, 5.74) is 0.508. The van der Waals surface area contributed by atoms with Gasteiger partial charge >= 0.3 is 5.69 Å². The van der Waals surface area contributed by atoms with E-state index in [4.69, 9.17) is 4.74 Å². The molecule has 2 heterocycles. The van der Waals surface area contributed by atoms with Crippen LogP contribution in [0.1, 0.15) is 25.3 Å². The third kappa shape index (κ3) is 4.73. The molecule has 0 radical (unpaired) electrons. The van der Waals surface area contributed by atoms with Crippen molar-refractivity contribution in [3.63, 3.8) is 0 Å². The number of halogens is 1. The molecular formula is C17H21FN4O3S. The smallest absolute Gasteiger partial charge is 0.344 e. The molecule has 0 saturated carbocycles. The van der Waals surface area contributed by atoms with Crippen molar-refractivity contribution in [2.75, 3.05) is 6.61 Å². The zero-order valence-corrected chi connectivity index (χ0v) is 15.2. The lowest BCUT2D eigenvalue weighted by molar-refractivity contribution is -0.120. The molecule has 140 valence electrons. The van der Waals surface area contributed by atoms with Crippen LogP contribution < -0.4 is 11.0 Å². The molecule has 1 aliphatic heterocycles. The Balaban J connectivity index is 1.56. The topological polar surface area (TPSA) is 89.0 Å². The fraction of sp³-hybridized carbons (Fsp3) is 0.471. The lowest BCUT2D eigenvalue weighted by Gasteiger charge is -2.14. The van der Waals surface area contributed by atoms with Crippen LogP contribution in [0.2, 0.25) is 0 Å². The molecule has 1 aromatic carbocycles. The number of amides is 1. The van der Waals surface area contributed by atoms with Crippen molar-refractivity contribution >= 4 is 17.7 Å². The maximum Gasteiger partial charge on any atom is 0.344 e. The molecule has 1 aromatic heterocycles. The summed E-state index contributed by atoms with van der Waals surface area (Å²) in [7, 11) is 0. The number of nitrogens with zero attached hydrogens (tertiary/aromatic N) is 2. The van der Waals surface area contributed by atoms with Gasteiger partial charge in [-0.05, 0) is 37.5 Å². The lowest BCUT2D eigenvalue weighted by Crippen LogP contribution is -2.31. The van der Waals surface area contributed by atoms with E-state index >= 15 is 0 Å². The van der Waals surface area contributed by atoms with Crippen molar-refractivity contribution in [2.45, 2.75) is 49.4 Å². The van der Waals surface area contributed by atoms with Crippen LogP contribution in [0.5, 0.6) is 0 Å². The van der Waals surface area contributed by atoms with Crippen molar-refractivity contribution in [2.24, 2.45) is 0 Å². The predicted molar refractivity (Wildman–Crippen MR) is 95.4 cm³/mol. The minimum atomic E-state index is -0.436. The summed E-state index contributed by atoms with van der Waals surface area (Å²) >= 11 is 1.21. The molecule has 7 nitrogen and oxygen atoms in total. The van der Waals surface area contributed by atoms with Crippen LogP contribution in [0.25, 0.3) is 0 Å². The molecule has 2 aromatic rings. The van der Waals surface area contributed by atoms with Crippen LogP contribution >= 0.6 is 11.8 Å². The van der Waals surface area contributed by atoms with Crippen molar-refractivity contribution in [1.82, 2.24) is 20.1 Å². The maximum atomic E-state index is 12.9. The van der Waals surface area contributed by atoms with E-state index in [1.54, 1.807) is 19.1 Å². The van der Waals surface area contributed by atoms with Crippen LogP contribution in [-0.4, -0.2) is 38.6 Å². The van der Waals surface area contributed by atoms with Gasteiger partial charge in [0.1, 0.15) is 5.82 Å². The Morgan fingerprint density at radius 1 is 1.50 bits per heavy atom. The van der Waals surface area contributed by atoms with Crippen LogP contribution in [0.15, 0.2) is 34.2 Å². The summed E-state index contributed by atoms with van der Waals surface area (Å²) in [6.45, 7) is 3.21. The van der Waals surface area contributed by atoms with Crippen LogP contribution in [0, 0.1) is 5.82 Å². The van der Waals surface area contributed by atoms with Crippen LogP contribution in [-0.2, 0) is 22.6 Å². The summed E-state index contributed by atoms with van der Waals surface area (Å²) in [6.07, 6.45) is 1.91. The zero-order chi connectivity index (χ0) is 18.5. The van der Waals surface area contributed by atoms with Crippen molar-refractivity contribution < 1.29 is 13.9 Å². The second-order valence-electron chi connectivity index (χ2n) is 6.16. The molecule has 0 bridgehead atoms. The number of aromatic nitrogens is 3. The van der Waals surface area contributed by atoms with Gasteiger partial charge in [0.25, 0.3) is 0 Å². The molecule has 1 aliphatic rings. The number of rotatable bonds is 7. The highest BCUT2D eigenvalue weighted by molar-refractivity contribution is 8.00. The molecule has 3 rings (SSSR count). The number of ether oxygens (including phenoxy) is 1. The Morgan fingerprint density at radius 2 is 2.27 bits per heavy atom. The molecule has 1 amide bonds. The first-order valence-electron chi connectivity index (χ1n) is 8.48. The molecule has 0 unspecified atom stereocenters. The number of nitrogens with one attached hydrogen (secondary N) is 2.